The summed E-state index contributed by atoms with van der Waals surface area (Å²) in [5.74, 6) is 0. The van der Waals surface area contributed by atoms with Gasteiger partial charge in [0.05, 0.1) is 11.4 Å². The van der Waals surface area contributed by atoms with Crippen molar-refractivity contribution >= 4 is 5.69 Å². The lowest BCUT2D eigenvalue weighted by atomic mass is 10.0. The fourth-order valence-electron chi connectivity index (χ4n) is 1.87. The lowest BCUT2D eigenvalue weighted by Crippen LogP contribution is -1.92. The largest absolute Gasteiger partial charge is 0.397 e. The molecule has 0 aliphatic heterocycles. The molecule has 0 radical (unpaired) electrons. The van der Waals surface area contributed by atoms with Crippen molar-refractivity contribution in [2.75, 3.05) is 5.73 Å². The third-order valence-corrected chi connectivity index (χ3v) is 2.89. The number of pyridine rings is 1. The highest BCUT2D eigenvalue weighted by Gasteiger charge is 2.02. The van der Waals surface area contributed by atoms with Crippen molar-refractivity contribution in [2.24, 2.45) is 0 Å². The number of nitrogens with zero attached hydrogens (tertiary/aromatic N) is 1. The van der Waals surface area contributed by atoms with Gasteiger partial charge in [-0.3, -0.25) is 4.98 Å². The summed E-state index contributed by atoms with van der Waals surface area (Å²) in [5.41, 5.74) is 9.97. The van der Waals surface area contributed by atoms with E-state index in [1.54, 1.807) is 6.20 Å². The molecule has 2 heteroatoms. The highest BCUT2D eigenvalue weighted by Crippen LogP contribution is 2.23. The van der Waals surface area contributed by atoms with Crippen molar-refractivity contribution in [1.82, 2.24) is 4.98 Å². The summed E-state index contributed by atoms with van der Waals surface area (Å²) in [5, 5.41) is 0. The number of anilines is 1. The Labute approximate surface area is 103 Å². The Morgan fingerprint density at radius 3 is 2.53 bits per heavy atom. The van der Waals surface area contributed by atoms with Gasteiger partial charge in [0.15, 0.2) is 0 Å². The third-order valence-electron chi connectivity index (χ3n) is 2.89. The van der Waals surface area contributed by atoms with Crippen molar-refractivity contribution in [3.05, 3.63) is 48.2 Å². The lowest BCUT2D eigenvalue weighted by molar-refractivity contribution is 0.795. The quantitative estimate of drug-likeness (QED) is 0.863. The van der Waals surface area contributed by atoms with E-state index in [2.05, 4.69) is 36.2 Å². The average molecular weight is 226 g/mol. The van der Waals surface area contributed by atoms with Crippen molar-refractivity contribution in [3.8, 4) is 11.3 Å². The molecule has 0 amide bonds. The van der Waals surface area contributed by atoms with Gasteiger partial charge in [-0.05, 0) is 30.5 Å². The summed E-state index contributed by atoms with van der Waals surface area (Å²) < 4.78 is 0. The summed E-state index contributed by atoms with van der Waals surface area (Å²) >= 11 is 0. The van der Waals surface area contributed by atoms with E-state index < -0.39 is 0 Å². The molecular weight excluding hydrogens is 208 g/mol. The third kappa shape index (κ3) is 2.84. The maximum absolute atomic E-state index is 5.91. The first-order valence-electron chi connectivity index (χ1n) is 6.11. The molecular formula is C15H18N2. The van der Waals surface area contributed by atoms with E-state index in [4.69, 9.17) is 5.73 Å². The van der Waals surface area contributed by atoms with Gasteiger partial charge in [-0.1, -0.05) is 37.6 Å². The number of aryl methyl sites for hydroxylation is 1. The first-order valence-corrected chi connectivity index (χ1v) is 6.11. The minimum atomic E-state index is 0.730. The first kappa shape index (κ1) is 11.6. The Morgan fingerprint density at radius 2 is 1.88 bits per heavy atom. The second-order valence-electron chi connectivity index (χ2n) is 4.24. The smallest absolute Gasteiger partial charge is 0.0931 e. The van der Waals surface area contributed by atoms with Crippen LogP contribution in [0.15, 0.2) is 42.6 Å². The fraction of sp³-hybridized carbons (Fsp3) is 0.267. The van der Waals surface area contributed by atoms with E-state index >= 15 is 0 Å². The number of hydrogen-bond donors (Lipinski definition) is 1. The zero-order chi connectivity index (χ0) is 12.1. The van der Waals surface area contributed by atoms with E-state index in [0.717, 1.165) is 23.4 Å². The molecule has 0 fully saturated rings. The van der Waals surface area contributed by atoms with E-state index in [1.165, 1.54) is 18.4 Å². The normalized spacial score (nSPS) is 10.4. The number of aromatic nitrogens is 1. The number of nitrogens with two attached hydrogens (primary N) is 1. The second kappa shape index (κ2) is 5.48. The molecule has 1 aromatic carbocycles. The fourth-order valence-corrected chi connectivity index (χ4v) is 1.87. The molecule has 0 bridgehead atoms. The average Bonchev–Trinajstić information content (AvgIpc) is 2.38. The van der Waals surface area contributed by atoms with Gasteiger partial charge in [-0.25, -0.2) is 0 Å². The number of hydrogen-bond acceptors (Lipinski definition) is 2. The van der Waals surface area contributed by atoms with Gasteiger partial charge in [-0.15, -0.1) is 0 Å². The molecule has 0 atom stereocenters. The topological polar surface area (TPSA) is 38.9 Å². The van der Waals surface area contributed by atoms with Crippen LogP contribution in [-0.4, -0.2) is 4.98 Å². The van der Waals surface area contributed by atoms with E-state index in [9.17, 15) is 0 Å². The van der Waals surface area contributed by atoms with Crippen LogP contribution < -0.4 is 5.73 Å². The minimum absolute atomic E-state index is 0.730. The molecule has 0 spiro atoms. The van der Waals surface area contributed by atoms with Crippen LogP contribution in [0.3, 0.4) is 0 Å². The van der Waals surface area contributed by atoms with Crippen LogP contribution in [0, 0.1) is 0 Å². The highest BCUT2D eigenvalue weighted by atomic mass is 14.7. The number of benzene rings is 1. The Hall–Kier alpha value is -1.83. The van der Waals surface area contributed by atoms with Crippen LogP contribution in [0.1, 0.15) is 25.3 Å². The highest BCUT2D eigenvalue weighted by molar-refractivity contribution is 5.72. The molecule has 1 aromatic heterocycles. The molecule has 2 rings (SSSR count). The maximum atomic E-state index is 5.91. The van der Waals surface area contributed by atoms with Crippen LogP contribution in [0.2, 0.25) is 0 Å². The van der Waals surface area contributed by atoms with Crippen molar-refractivity contribution in [3.63, 3.8) is 0 Å². The van der Waals surface area contributed by atoms with Gasteiger partial charge in [0, 0.05) is 11.8 Å². The molecule has 0 unspecified atom stereocenters. The number of rotatable bonds is 4. The zero-order valence-corrected chi connectivity index (χ0v) is 10.2. The van der Waals surface area contributed by atoms with Crippen molar-refractivity contribution in [2.45, 2.75) is 26.2 Å². The standard InChI is InChI=1S/C15H18N2/c1-2-3-5-12-7-9-13(10-8-12)15-14(16)6-4-11-17-15/h4,6-11H,2-3,5,16H2,1H3. The van der Waals surface area contributed by atoms with Gasteiger partial charge < -0.3 is 5.73 Å². The molecule has 0 aliphatic carbocycles. The Balaban J connectivity index is 2.21. The molecule has 2 N–H and O–H groups in total. The molecule has 2 nitrogen and oxygen atoms in total. The Bertz CT molecular complexity index is 475. The van der Waals surface area contributed by atoms with Crippen LogP contribution in [0.4, 0.5) is 5.69 Å². The summed E-state index contributed by atoms with van der Waals surface area (Å²) in [7, 11) is 0. The van der Waals surface area contributed by atoms with Crippen LogP contribution >= 0.6 is 0 Å². The minimum Gasteiger partial charge on any atom is -0.397 e. The van der Waals surface area contributed by atoms with Crippen molar-refractivity contribution < 1.29 is 0 Å². The van der Waals surface area contributed by atoms with Crippen molar-refractivity contribution in [1.29, 1.82) is 0 Å². The molecule has 0 saturated heterocycles. The Morgan fingerprint density at radius 1 is 1.12 bits per heavy atom. The van der Waals surface area contributed by atoms with Crippen LogP contribution in [0.25, 0.3) is 11.3 Å². The number of nitrogen functional groups attached to an aromatic ring is 1. The summed E-state index contributed by atoms with van der Waals surface area (Å²) in [4.78, 5) is 4.32. The predicted octanol–water partition coefficient (Wildman–Crippen LogP) is 3.67. The summed E-state index contributed by atoms with van der Waals surface area (Å²) in [6, 6.07) is 12.3. The van der Waals surface area contributed by atoms with Gasteiger partial charge in [-0.2, -0.15) is 0 Å². The molecule has 0 aliphatic rings. The monoisotopic (exact) mass is 226 g/mol. The van der Waals surface area contributed by atoms with Crippen LogP contribution in [0.5, 0.6) is 0 Å². The van der Waals surface area contributed by atoms with Gasteiger partial charge in [0.25, 0.3) is 0 Å². The second-order valence-corrected chi connectivity index (χ2v) is 4.24. The molecule has 88 valence electrons. The summed E-state index contributed by atoms with van der Waals surface area (Å²) in [6.45, 7) is 2.21. The Kier molecular flexibility index (Phi) is 3.76. The van der Waals surface area contributed by atoms with E-state index in [0.29, 0.717) is 0 Å². The van der Waals surface area contributed by atoms with Gasteiger partial charge >= 0.3 is 0 Å². The molecule has 0 saturated carbocycles. The van der Waals surface area contributed by atoms with Gasteiger partial charge in [0.2, 0.25) is 0 Å². The first-order chi connectivity index (χ1) is 8.31. The zero-order valence-electron chi connectivity index (χ0n) is 10.2. The van der Waals surface area contributed by atoms with E-state index in [-0.39, 0.29) is 0 Å². The molecule has 17 heavy (non-hydrogen) atoms. The van der Waals surface area contributed by atoms with Gasteiger partial charge in [0.1, 0.15) is 0 Å². The van der Waals surface area contributed by atoms with Crippen LogP contribution in [-0.2, 0) is 6.42 Å². The molecule has 2 aromatic rings. The van der Waals surface area contributed by atoms with E-state index in [1.807, 2.05) is 12.1 Å². The lowest BCUT2D eigenvalue weighted by Gasteiger charge is -2.05. The predicted molar refractivity (Wildman–Crippen MR) is 72.7 cm³/mol. The summed E-state index contributed by atoms with van der Waals surface area (Å²) in [6.07, 6.45) is 5.39. The maximum Gasteiger partial charge on any atom is 0.0931 e. The molecule has 1 heterocycles. The SMILES string of the molecule is CCCCc1ccc(-c2ncccc2N)cc1. The number of unbranched alkanes of at least 4 members (excludes halogenated alkanes) is 1.